The normalized spacial score (nSPS) is 17.9. The van der Waals surface area contributed by atoms with Crippen molar-refractivity contribution in [3.05, 3.63) is 29.3 Å². The van der Waals surface area contributed by atoms with Crippen LogP contribution in [0.1, 0.15) is 44.2 Å². The van der Waals surface area contributed by atoms with Crippen molar-refractivity contribution in [1.82, 2.24) is 4.90 Å². The topological polar surface area (TPSA) is 40.6 Å². The van der Waals surface area contributed by atoms with E-state index >= 15 is 0 Å². The van der Waals surface area contributed by atoms with Gasteiger partial charge in [0.15, 0.2) is 0 Å². The largest absolute Gasteiger partial charge is 0.342 e. The van der Waals surface area contributed by atoms with Crippen LogP contribution in [-0.2, 0) is 9.59 Å². The predicted molar refractivity (Wildman–Crippen MR) is 93.5 cm³/mol. The molecule has 4 heteroatoms. The van der Waals surface area contributed by atoms with Crippen LogP contribution in [0, 0.1) is 19.8 Å². The first kappa shape index (κ1) is 17.5. The minimum Gasteiger partial charge on any atom is -0.342 e. The first-order valence-corrected chi connectivity index (χ1v) is 8.51. The third-order valence-electron chi connectivity index (χ3n) is 4.59. The van der Waals surface area contributed by atoms with Crippen LogP contribution in [0.25, 0.3) is 0 Å². The number of rotatable bonds is 4. The monoisotopic (exact) mass is 316 g/mol. The van der Waals surface area contributed by atoms with E-state index in [0.717, 1.165) is 36.3 Å². The summed E-state index contributed by atoms with van der Waals surface area (Å²) in [4.78, 5) is 28.2. The number of aryl methyl sites for hydroxylation is 2. The minimum atomic E-state index is -0.0153. The highest BCUT2D eigenvalue weighted by Crippen LogP contribution is 2.23. The summed E-state index contributed by atoms with van der Waals surface area (Å²) in [7, 11) is 0. The number of benzene rings is 1. The second-order valence-electron chi connectivity index (χ2n) is 6.80. The average Bonchev–Trinajstić information content (AvgIpc) is 2.50. The van der Waals surface area contributed by atoms with Crippen LogP contribution in [-0.4, -0.2) is 36.3 Å². The smallest absolute Gasteiger partial charge is 0.224 e. The lowest BCUT2D eigenvalue weighted by Gasteiger charge is -2.32. The Morgan fingerprint density at radius 3 is 2.70 bits per heavy atom. The lowest BCUT2D eigenvalue weighted by atomic mass is 10.00. The molecule has 0 aromatic heterocycles. The van der Waals surface area contributed by atoms with E-state index < -0.39 is 0 Å². The Kier molecular flexibility index (Phi) is 5.80. The molecule has 1 heterocycles. The molecular weight excluding hydrogens is 288 g/mol. The summed E-state index contributed by atoms with van der Waals surface area (Å²) >= 11 is 0. The van der Waals surface area contributed by atoms with Gasteiger partial charge in [-0.3, -0.25) is 9.59 Å². The van der Waals surface area contributed by atoms with Gasteiger partial charge >= 0.3 is 0 Å². The maximum Gasteiger partial charge on any atom is 0.224 e. The molecule has 1 saturated heterocycles. The number of piperidine rings is 1. The van der Waals surface area contributed by atoms with E-state index in [-0.39, 0.29) is 11.8 Å². The van der Waals surface area contributed by atoms with Crippen molar-refractivity contribution in [3.8, 4) is 0 Å². The van der Waals surface area contributed by atoms with Crippen molar-refractivity contribution in [2.75, 3.05) is 24.5 Å². The van der Waals surface area contributed by atoms with E-state index in [1.807, 2.05) is 36.9 Å². The van der Waals surface area contributed by atoms with Gasteiger partial charge in [-0.25, -0.2) is 0 Å². The van der Waals surface area contributed by atoms with Crippen LogP contribution in [0.5, 0.6) is 0 Å². The molecule has 1 atom stereocenters. The quantitative estimate of drug-likeness (QED) is 0.855. The summed E-state index contributed by atoms with van der Waals surface area (Å²) in [6.07, 6.45) is 2.67. The molecule has 1 aliphatic rings. The number of nitrogens with zero attached hydrogens (tertiary/aromatic N) is 2. The molecule has 1 fully saturated rings. The fraction of sp³-hybridized carbons (Fsp3) is 0.579. The van der Waals surface area contributed by atoms with Crippen molar-refractivity contribution < 1.29 is 9.59 Å². The molecular formula is C19H28N2O2. The van der Waals surface area contributed by atoms with Crippen LogP contribution in [0.15, 0.2) is 18.2 Å². The van der Waals surface area contributed by atoms with Gasteiger partial charge in [0, 0.05) is 38.7 Å². The number of amides is 2. The molecule has 0 radical (unpaired) electrons. The standard InChI is InChI=1S/C19H28N2O2/c1-14-7-8-16(3)18(12-14)21(17(4)22)11-9-19(23)20-10-5-6-15(2)13-20/h7-8,12,15H,5-6,9-11,13H2,1-4H3. The Labute approximate surface area is 139 Å². The number of hydrogen-bond acceptors (Lipinski definition) is 2. The fourth-order valence-electron chi connectivity index (χ4n) is 3.24. The van der Waals surface area contributed by atoms with Gasteiger partial charge < -0.3 is 9.80 Å². The predicted octanol–water partition coefficient (Wildman–Crippen LogP) is 3.30. The van der Waals surface area contributed by atoms with Crippen LogP contribution in [0.4, 0.5) is 5.69 Å². The zero-order valence-electron chi connectivity index (χ0n) is 14.8. The summed E-state index contributed by atoms with van der Waals surface area (Å²) < 4.78 is 0. The van der Waals surface area contributed by atoms with E-state index in [9.17, 15) is 9.59 Å². The van der Waals surface area contributed by atoms with E-state index in [1.165, 1.54) is 6.42 Å². The molecule has 0 aliphatic carbocycles. The maximum atomic E-state index is 12.4. The van der Waals surface area contributed by atoms with Gasteiger partial charge in [0.2, 0.25) is 11.8 Å². The molecule has 0 N–H and O–H groups in total. The molecule has 23 heavy (non-hydrogen) atoms. The summed E-state index contributed by atoms with van der Waals surface area (Å²) in [5.41, 5.74) is 3.09. The zero-order valence-corrected chi connectivity index (χ0v) is 14.8. The highest BCUT2D eigenvalue weighted by molar-refractivity contribution is 5.93. The van der Waals surface area contributed by atoms with Crippen LogP contribution >= 0.6 is 0 Å². The lowest BCUT2D eigenvalue weighted by Crippen LogP contribution is -2.41. The Hall–Kier alpha value is -1.84. The number of hydrogen-bond donors (Lipinski definition) is 0. The Morgan fingerprint density at radius 1 is 1.30 bits per heavy atom. The second kappa shape index (κ2) is 7.62. The SMILES string of the molecule is CC(=O)N(CCC(=O)N1CCCC(C)C1)c1cc(C)ccc1C. The molecule has 1 aromatic rings. The van der Waals surface area contributed by atoms with Crippen molar-refractivity contribution >= 4 is 17.5 Å². The summed E-state index contributed by atoms with van der Waals surface area (Å²) in [6, 6.07) is 6.08. The first-order valence-electron chi connectivity index (χ1n) is 8.51. The number of anilines is 1. The van der Waals surface area contributed by atoms with Gasteiger partial charge in [0.1, 0.15) is 0 Å². The van der Waals surface area contributed by atoms with E-state index in [1.54, 1.807) is 11.8 Å². The highest BCUT2D eigenvalue weighted by Gasteiger charge is 2.22. The van der Waals surface area contributed by atoms with E-state index in [0.29, 0.717) is 18.9 Å². The summed E-state index contributed by atoms with van der Waals surface area (Å²) in [5, 5.41) is 0. The van der Waals surface area contributed by atoms with Crippen molar-refractivity contribution in [1.29, 1.82) is 0 Å². The van der Waals surface area contributed by atoms with Crippen LogP contribution in [0.3, 0.4) is 0 Å². The third-order valence-corrected chi connectivity index (χ3v) is 4.59. The lowest BCUT2D eigenvalue weighted by molar-refractivity contribution is -0.132. The van der Waals surface area contributed by atoms with Gasteiger partial charge in [-0.2, -0.15) is 0 Å². The molecule has 1 aromatic carbocycles. The molecule has 0 bridgehead atoms. The zero-order chi connectivity index (χ0) is 17.0. The van der Waals surface area contributed by atoms with Crippen molar-refractivity contribution in [3.63, 3.8) is 0 Å². The molecule has 2 rings (SSSR count). The number of likely N-dealkylation sites (tertiary alicyclic amines) is 1. The van der Waals surface area contributed by atoms with Gasteiger partial charge in [-0.15, -0.1) is 0 Å². The van der Waals surface area contributed by atoms with E-state index in [4.69, 9.17) is 0 Å². The molecule has 2 amide bonds. The van der Waals surface area contributed by atoms with E-state index in [2.05, 4.69) is 6.92 Å². The molecule has 0 saturated carbocycles. The molecule has 0 spiro atoms. The van der Waals surface area contributed by atoms with Gasteiger partial charge in [-0.05, 0) is 49.8 Å². The molecule has 4 nitrogen and oxygen atoms in total. The summed E-state index contributed by atoms with van der Waals surface area (Å²) in [6.45, 7) is 9.92. The molecule has 1 unspecified atom stereocenters. The van der Waals surface area contributed by atoms with Crippen LogP contribution < -0.4 is 4.90 Å². The number of carbonyl (C=O) groups is 2. The Balaban J connectivity index is 2.04. The Morgan fingerprint density at radius 2 is 2.04 bits per heavy atom. The van der Waals surface area contributed by atoms with Gasteiger partial charge in [0.05, 0.1) is 0 Å². The Bertz CT molecular complexity index is 583. The van der Waals surface area contributed by atoms with Crippen molar-refractivity contribution in [2.24, 2.45) is 5.92 Å². The average molecular weight is 316 g/mol. The molecule has 126 valence electrons. The summed E-state index contributed by atoms with van der Waals surface area (Å²) in [5.74, 6) is 0.724. The maximum absolute atomic E-state index is 12.4. The fourth-order valence-corrected chi connectivity index (χ4v) is 3.24. The number of carbonyl (C=O) groups excluding carboxylic acids is 2. The molecule has 1 aliphatic heterocycles. The third kappa shape index (κ3) is 4.57. The first-order chi connectivity index (χ1) is 10.9. The van der Waals surface area contributed by atoms with Gasteiger partial charge in [-0.1, -0.05) is 19.1 Å². The minimum absolute atomic E-state index is 0.0153. The van der Waals surface area contributed by atoms with Crippen LogP contribution in [0.2, 0.25) is 0 Å². The highest BCUT2D eigenvalue weighted by atomic mass is 16.2. The van der Waals surface area contributed by atoms with Crippen molar-refractivity contribution in [2.45, 2.75) is 47.0 Å². The second-order valence-corrected chi connectivity index (χ2v) is 6.80. The van der Waals surface area contributed by atoms with Gasteiger partial charge in [0.25, 0.3) is 0 Å².